The van der Waals surface area contributed by atoms with Crippen LogP contribution < -0.4 is 11.3 Å². The van der Waals surface area contributed by atoms with Crippen molar-refractivity contribution in [3.05, 3.63) is 52.5 Å². The maximum absolute atomic E-state index is 11.5. The first kappa shape index (κ1) is 14.7. The zero-order valence-electron chi connectivity index (χ0n) is 11.8. The predicted octanol–water partition coefficient (Wildman–Crippen LogP) is 3.10. The van der Waals surface area contributed by atoms with Gasteiger partial charge in [-0.1, -0.05) is 17.7 Å². The Morgan fingerprint density at radius 1 is 1.30 bits per heavy atom. The van der Waals surface area contributed by atoms with Gasteiger partial charge in [-0.25, -0.2) is 5.84 Å². The summed E-state index contributed by atoms with van der Waals surface area (Å²) in [6.07, 6.45) is 0. The molecule has 0 radical (unpaired) electrons. The van der Waals surface area contributed by atoms with Crippen LogP contribution in [0.2, 0.25) is 0 Å². The van der Waals surface area contributed by atoms with Gasteiger partial charge in [0.15, 0.2) is 0 Å². The SMILES string of the molecule is Cc1ccc(C)c(SCc2cc(C(=O)NN)c(C)o2)c1. The van der Waals surface area contributed by atoms with Crippen LogP contribution in [0.4, 0.5) is 0 Å². The molecule has 0 fully saturated rings. The first-order chi connectivity index (χ1) is 9.51. The maximum Gasteiger partial charge on any atom is 0.268 e. The van der Waals surface area contributed by atoms with Gasteiger partial charge in [0, 0.05) is 4.90 Å². The molecule has 4 nitrogen and oxygen atoms in total. The summed E-state index contributed by atoms with van der Waals surface area (Å²) in [5.74, 6) is 6.85. The number of nitrogen functional groups attached to an aromatic ring is 1. The van der Waals surface area contributed by atoms with Crippen molar-refractivity contribution in [1.82, 2.24) is 5.43 Å². The van der Waals surface area contributed by atoms with Crippen LogP contribution >= 0.6 is 11.8 Å². The van der Waals surface area contributed by atoms with Crippen LogP contribution in [-0.4, -0.2) is 5.91 Å². The van der Waals surface area contributed by atoms with Gasteiger partial charge in [0.1, 0.15) is 11.5 Å². The molecule has 5 heteroatoms. The fraction of sp³-hybridized carbons (Fsp3) is 0.267. The summed E-state index contributed by atoms with van der Waals surface area (Å²) >= 11 is 1.70. The van der Waals surface area contributed by atoms with E-state index in [1.807, 2.05) is 0 Å². The molecule has 0 bridgehead atoms. The Hall–Kier alpha value is -1.72. The summed E-state index contributed by atoms with van der Waals surface area (Å²) in [5, 5.41) is 0. The topological polar surface area (TPSA) is 68.3 Å². The molecule has 106 valence electrons. The second-order valence-electron chi connectivity index (χ2n) is 4.71. The van der Waals surface area contributed by atoms with E-state index < -0.39 is 0 Å². The molecule has 2 aromatic rings. The number of hydrazine groups is 1. The molecule has 1 amide bonds. The third kappa shape index (κ3) is 3.23. The van der Waals surface area contributed by atoms with E-state index in [2.05, 4.69) is 37.5 Å². The quantitative estimate of drug-likeness (QED) is 0.393. The third-order valence-electron chi connectivity index (χ3n) is 3.06. The molecule has 0 aliphatic carbocycles. The molecule has 0 saturated heterocycles. The van der Waals surface area contributed by atoms with E-state index in [9.17, 15) is 4.79 Å². The standard InChI is InChI=1S/C15H18N2O2S/c1-9-4-5-10(2)14(6-9)20-8-12-7-13(11(3)19-12)15(18)17-16/h4-7H,8,16H2,1-3H3,(H,17,18). The average molecular weight is 290 g/mol. The summed E-state index contributed by atoms with van der Waals surface area (Å²) in [4.78, 5) is 12.7. The molecule has 0 unspecified atom stereocenters. The van der Waals surface area contributed by atoms with Crippen LogP contribution in [0.3, 0.4) is 0 Å². The maximum atomic E-state index is 11.5. The van der Waals surface area contributed by atoms with Gasteiger partial charge in [-0.3, -0.25) is 10.2 Å². The Kier molecular flexibility index (Phi) is 4.52. The second-order valence-corrected chi connectivity index (χ2v) is 5.73. The van der Waals surface area contributed by atoms with Crippen molar-refractivity contribution in [2.75, 3.05) is 0 Å². The fourth-order valence-corrected chi connectivity index (χ4v) is 2.93. The third-order valence-corrected chi connectivity index (χ3v) is 4.24. The van der Waals surface area contributed by atoms with Gasteiger partial charge in [-0.2, -0.15) is 0 Å². The summed E-state index contributed by atoms with van der Waals surface area (Å²) in [6, 6.07) is 8.11. The number of benzene rings is 1. The molecule has 0 aliphatic rings. The molecule has 3 N–H and O–H groups in total. The number of nitrogens with two attached hydrogens (primary N) is 1. The number of hydrogen-bond donors (Lipinski definition) is 2. The molecule has 20 heavy (non-hydrogen) atoms. The summed E-state index contributed by atoms with van der Waals surface area (Å²) < 4.78 is 5.59. The lowest BCUT2D eigenvalue weighted by Gasteiger charge is -2.05. The Morgan fingerprint density at radius 2 is 2.05 bits per heavy atom. The summed E-state index contributed by atoms with van der Waals surface area (Å²) in [6.45, 7) is 5.92. The van der Waals surface area contributed by atoms with Gasteiger partial charge >= 0.3 is 0 Å². The highest BCUT2D eigenvalue weighted by Gasteiger charge is 2.14. The van der Waals surface area contributed by atoms with E-state index in [0.29, 0.717) is 17.1 Å². The Labute approximate surface area is 122 Å². The molecular weight excluding hydrogens is 272 g/mol. The molecule has 0 aliphatic heterocycles. The predicted molar refractivity (Wildman–Crippen MR) is 80.6 cm³/mol. The summed E-state index contributed by atoms with van der Waals surface area (Å²) in [5.41, 5.74) is 5.08. The second kappa shape index (κ2) is 6.15. The van der Waals surface area contributed by atoms with Crippen molar-refractivity contribution in [3.63, 3.8) is 0 Å². The Morgan fingerprint density at radius 3 is 2.75 bits per heavy atom. The fourth-order valence-electron chi connectivity index (χ4n) is 1.93. The van der Waals surface area contributed by atoms with Crippen molar-refractivity contribution < 1.29 is 9.21 Å². The van der Waals surface area contributed by atoms with Crippen LogP contribution in [0.5, 0.6) is 0 Å². The molecule has 1 aromatic carbocycles. The zero-order chi connectivity index (χ0) is 14.7. The van der Waals surface area contributed by atoms with E-state index in [-0.39, 0.29) is 5.91 Å². The van der Waals surface area contributed by atoms with Crippen LogP contribution in [0.15, 0.2) is 33.6 Å². The van der Waals surface area contributed by atoms with Crippen molar-refractivity contribution in [1.29, 1.82) is 0 Å². The molecule has 0 spiro atoms. The minimum absolute atomic E-state index is 0.325. The van der Waals surface area contributed by atoms with Crippen molar-refractivity contribution >= 4 is 17.7 Å². The van der Waals surface area contributed by atoms with Crippen LogP contribution in [0.25, 0.3) is 0 Å². The number of aryl methyl sites for hydroxylation is 3. The number of amides is 1. The Bertz CT molecular complexity index is 635. The van der Waals surface area contributed by atoms with Crippen LogP contribution in [-0.2, 0) is 5.75 Å². The molecule has 0 atom stereocenters. The number of furan rings is 1. The highest BCUT2D eigenvalue weighted by atomic mass is 32.2. The van der Waals surface area contributed by atoms with E-state index in [0.717, 1.165) is 5.76 Å². The minimum atomic E-state index is -0.325. The normalized spacial score (nSPS) is 10.6. The number of rotatable bonds is 4. The molecule has 1 heterocycles. The molecule has 0 saturated carbocycles. The largest absolute Gasteiger partial charge is 0.465 e. The highest BCUT2D eigenvalue weighted by Crippen LogP contribution is 2.28. The lowest BCUT2D eigenvalue weighted by molar-refractivity contribution is 0.0952. The lowest BCUT2D eigenvalue weighted by Crippen LogP contribution is -2.30. The van der Waals surface area contributed by atoms with E-state index in [4.69, 9.17) is 10.3 Å². The molecule has 2 rings (SSSR count). The van der Waals surface area contributed by atoms with E-state index in [1.54, 1.807) is 24.8 Å². The average Bonchev–Trinajstić information content (AvgIpc) is 2.80. The monoisotopic (exact) mass is 290 g/mol. The number of carbonyl (C=O) groups excluding carboxylic acids is 1. The van der Waals surface area contributed by atoms with Gasteiger partial charge in [0.05, 0.1) is 11.3 Å². The van der Waals surface area contributed by atoms with Gasteiger partial charge < -0.3 is 4.42 Å². The van der Waals surface area contributed by atoms with Gasteiger partial charge in [0.2, 0.25) is 0 Å². The van der Waals surface area contributed by atoms with E-state index in [1.165, 1.54) is 16.0 Å². The van der Waals surface area contributed by atoms with Gasteiger partial charge in [-0.15, -0.1) is 11.8 Å². The zero-order valence-corrected chi connectivity index (χ0v) is 12.6. The number of thioether (sulfide) groups is 1. The van der Waals surface area contributed by atoms with Crippen LogP contribution in [0, 0.1) is 20.8 Å². The number of nitrogens with one attached hydrogen (secondary N) is 1. The molecular formula is C15H18N2O2S. The number of carbonyl (C=O) groups is 1. The highest BCUT2D eigenvalue weighted by molar-refractivity contribution is 7.98. The molecule has 1 aromatic heterocycles. The smallest absolute Gasteiger partial charge is 0.268 e. The van der Waals surface area contributed by atoms with Gasteiger partial charge in [-0.05, 0) is 38.5 Å². The lowest BCUT2D eigenvalue weighted by atomic mass is 10.2. The minimum Gasteiger partial charge on any atom is -0.465 e. The van der Waals surface area contributed by atoms with Crippen molar-refractivity contribution in [3.8, 4) is 0 Å². The first-order valence-electron chi connectivity index (χ1n) is 6.31. The van der Waals surface area contributed by atoms with Crippen molar-refractivity contribution in [2.24, 2.45) is 5.84 Å². The van der Waals surface area contributed by atoms with E-state index >= 15 is 0 Å². The van der Waals surface area contributed by atoms with Crippen molar-refractivity contribution in [2.45, 2.75) is 31.4 Å². The number of hydrogen-bond acceptors (Lipinski definition) is 4. The van der Waals surface area contributed by atoms with Gasteiger partial charge in [0.25, 0.3) is 5.91 Å². The van der Waals surface area contributed by atoms with Crippen LogP contribution in [0.1, 0.15) is 33.0 Å². The Balaban J connectivity index is 2.11. The summed E-state index contributed by atoms with van der Waals surface area (Å²) in [7, 11) is 0. The first-order valence-corrected chi connectivity index (χ1v) is 7.30.